The highest BCUT2D eigenvalue weighted by atomic mass is 32.1. The van der Waals surface area contributed by atoms with Crippen LogP contribution in [0.5, 0.6) is 0 Å². The highest BCUT2D eigenvalue weighted by Crippen LogP contribution is 2.34. The predicted octanol–water partition coefficient (Wildman–Crippen LogP) is 4.31. The number of amides is 1. The van der Waals surface area contributed by atoms with Crippen molar-refractivity contribution in [1.82, 2.24) is 24.5 Å². The van der Waals surface area contributed by atoms with E-state index in [1.807, 2.05) is 41.9 Å². The van der Waals surface area contributed by atoms with Crippen LogP contribution in [0.2, 0.25) is 0 Å². The summed E-state index contributed by atoms with van der Waals surface area (Å²) < 4.78 is 4.75. The molecule has 0 aliphatic heterocycles. The number of carbonyl (C=O) groups excluding carboxylic acids is 1. The number of para-hydroxylation sites is 1. The summed E-state index contributed by atoms with van der Waals surface area (Å²) in [5, 5.41) is 13.1. The van der Waals surface area contributed by atoms with E-state index in [1.165, 1.54) is 0 Å². The average Bonchev–Trinajstić information content (AvgIpc) is 3.44. The van der Waals surface area contributed by atoms with E-state index in [1.54, 1.807) is 16.0 Å². The Labute approximate surface area is 172 Å². The normalized spacial score (nSPS) is 13.4. The molecule has 3 heterocycles. The van der Waals surface area contributed by atoms with E-state index in [2.05, 4.69) is 24.3 Å². The van der Waals surface area contributed by atoms with Crippen LogP contribution in [-0.4, -0.2) is 30.5 Å². The summed E-state index contributed by atoms with van der Waals surface area (Å²) in [5.41, 5.74) is 4.47. The third-order valence-corrected chi connectivity index (χ3v) is 6.26. The van der Waals surface area contributed by atoms with Crippen molar-refractivity contribution >= 4 is 33.3 Å². The van der Waals surface area contributed by atoms with E-state index in [-0.39, 0.29) is 11.9 Å². The molecule has 5 rings (SSSR count). The third kappa shape index (κ3) is 3.04. The molecule has 7 nitrogen and oxygen atoms in total. The van der Waals surface area contributed by atoms with Crippen molar-refractivity contribution in [1.29, 1.82) is 0 Å². The second-order valence-electron chi connectivity index (χ2n) is 7.67. The lowest BCUT2D eigenvalue weighted by molar-refractivity contribution is 0.102. The summed E-state index contributed by atoms with van der Waals surface area (Å²) in [7, 11) is 0. The average molecular weight is 407 g/mol. The van der Waals surface area contributed by atoms with Gasteiger partial charge in [0, 0.05) is 17.3 Å². The van der Waals surface area contributed by atoms with Crippen LogP contribution in [0.1, 0.15) is 53.7 Å². The molecule has 0 saturated heterocycles. The van der Waals surface area contributed by atoms with Crippen LogP contribution >= 0.6 is 11.3 Å². The quantitative estimate of drug-likeness (QED) is 0.548. The van der Waals surface area contributed by atoms with Crippen LogP contribution in [-0.2, 0) is 12.8 Å². The molecule has 148 valence electrons. The predicted molar refractivity (Wildman–Crippen MR) is 114 cm³/mol. The highest BCUT2D eigenvalue weighted by molar-refractivity contribution is 7.20. The first-order valence-electron chi connectivity index (χ1n) is 9.85. The molecular weight excluding hydrogens is 384 g/mol. The van der Waals surface area contributed by atoms with E-state index < -0.39 is 0 Å². The first-order valence-corrected chi connectivity index (χ1v) is 10.7. The van der Waals surface area contributed by atoms with Crippen molar-refractivity contribution in [2.24, 2.45) is 0 Å². The largest absolute Gasteiger partial charge is 0.305 e. The summed E-state index contributed by atoms with van der Waals surface area (Å²) in [5.74, 6) is 0.503. The molecule has 1 N–H and O–H groups in total. The zero-order valence-corrected chi connectivity index (χ0v) is 17.5. The maximum Gasteiger partial charge on any atom is 0.277 e. The Balaban J connectivity index is 1.54. The van der Waals surface area contributed by atoms with Gasteiger partial charge in [0.2, 0.25) is 5.13 Å². The summed E-state index contributed by atoms with van der Waals surface area (Å²) in [6, 6.07) is 10.1. The van der Waals surface area contributed by atoms with Crippen LogP contribution in [0.4, 0.5) is 5.82 Å². The van der Waals surface area contributed by atoms with Gasteiger partial charge >= 0.3 is 0 Å². The summed E-state index contributed by atoms with van der Waals surface area (Å²) in [4.78, 5) is 17.7. The molecule has 0 fully saturated rings. The molecule has 1 aliphatic carbocycles. The van der Waals surface area contributed by atoms with E-state index in [4.69, 9.17) is 10.1 Å². The van der Waals surface area contributed by atoms with Crippen molar-refractivity contribution in [2.75, 3.05) is 5.32 Å². The molecule has 0 bridgehead atoms. The second-order valence-corrected chi connectivity index (χ2v) is 8.68. The monoisotopic (exact) mass is 406 g/mol. The van der Waals surface area contributed by atoms with Crippen molar-refractivity contribution in [3.63, 3.8) is 0 Å². The Kier molecular flexibility index (Phi) is 4.24. The Morgan fingerprint density at radius 3 is 2.79 bits per heavy atom. The molecular formula is C21H22N6OS. The summed E-state index contributed by atoms with van der Waals surface area (Å²) in [6.07, 6.45) is 2.90. The fourth-order valence-electron chi connectivity index (χ4n) is 3.90. The molecule has 8 heteroatoms. The third-order valence-electron chi connectivity index (χ3n) is 5.25. The standard InChI is InChI=1S/C21H22N6OS/c1-12(2)26-13(3)11-17(25-26)20(28)23-19-14-7-6-9-15(14)24-27(19)21-22-16-8-4-5-10-18(16)29-21/h4-5,8,10-12H,6-7,9H2,1-3H3,(H,23,28). The number of thiazole rings is 1. The number of anilines is 1. The first-order chi connectivity index (χ1) is 14.0. The van der Waals surface area contributed by atoms with Crippen LogP contribution in [0.3, 0.4) is 0 Å². The Bertz CT molecular complexity index is 1200. The zero-order valence-electron chi connectivity index (χ0n) is 16.6. The number of rotatable bonds is 4. The molecule has 0 spiro atoms. The van der Waals surface area contributed by atoms with Gasteiger partial charge in [0.25, 0.3) is 5.91 Å². The van der Waals surface area contributed by atoms with Gasteiger partial charge in [0.05, 0.1) is 15.9 Å². The Hall–Kier alpha value is -3.00. The topological polar surface area (TPSA) is 77.6 Å². The number of nitrogens with one attached hydrogen (secondary N) is 1. The van der Waals surface area contributed by atoms with Crippen molar-refractivity contribution in [3.05, 3.63) is 53.0 Å². The number of aryl methyl sites for hydroxylation is 2. The van der Waals surface area contributed by atoms with Crippen LogP contribution in [0, 0.1) is 6.92 Å². The lowest BCUT2D eigenvalue weighted by atomic mass is 10.2. The molecule has 0 saturated carbocycles. The smallest absolute Gasteiger partial charge is 0.277 e. The first kappa shape index (κ1) is 18.1. The fraction of sp³-hybridized carbons (Fsp3) is 0.333. The van der Waals surface area contributed by atoms with Gasteiger partial charge in [-0.25, -0.2) is 4.98 Å². The van der Waals surface area contributed by atoms with Crippen molar-refractivity contribution < 1.29 is 4.79 Å². The number of nitrogens with zero attached hydrogens (tertiary/aromatic N) is 5. The molecule has 0 unspecified atom stereocenters. The summed E-state index contributed by atoms with van der Waals surface area (Å²) in [6.45, 7) is 6.07. The number of hydrogen-bond donors (Lipinski definition) is 1. The molecule has 29 heavy (non-hydrogen) atoms. The van der Waals surface area contributed by atoms with E-state index in [0.29, 0.717) is 5.69 Å². The highest BCUT2D eigenvalue weighted by Gasteiger charge is 2.26. The summed E-state index contributed by atoms with van der Waals surface area (Å²) >= 11 is 1.57. The molecule has 4 aromatic rings. The maximum atomic E-state index is 13.0. The molecule has 0 radical (unpaired) electrons. The molecule has 1 aromatic carbocycles. The zero-order chi connectivity index (χ0) is 20.1. The molecule has 1 amide bonds. The van der Waals surface area contributed by atoms with Crippen LogP contribution in [0.15, 0.2) is 30.3 Å². The lowest BCUT2D eigenvalue weighted by Crippen LogP contribution is -2.17. The maximum absolute atomic E-state index is 13.0. The van der Waals surface area contributed by atoms with E-state index >= 15 is 0 Å². The van der Waals surface area contributed by atoms with Gasteiger partial charge in [-0.15, -0.1) is 0 Å². The molecule has 3 aromatic heterocycles. The second kappa shape index (κ2) is 6.81. The van der Waals surface area contributed by atoms with Gasteiger partial charge in [0.15, 0.2) is 5.69 Å². The van der Waals surface area contributed by atoms with Crippen LogP contribution < -0.4 is 5.32 Å². The number of aromatic nitrogens is 5. The number of carbonyl (C=O) groups is 1. The van der Waals surface area contributed by atoms with Gasteiger partial charge in [-0.1, -0.05) is 23.5 Å². The van der Waals surface area contributed by atoms with Gasteiger partial charge < -0.3 is 5.32 Å². The Morgan fingerprint density at radius 2 is 2.03 bits per heavy atom. The lowest BCUT2D eigenvalue weighted by Gasteiger charge is -2.08. The van der Waals surface area contributed by atoms with Gasteiger partial charge in [-0.05, 0) is 58.2 Å². The van der Waals surface area contributed by atoms with Crippen molar-refractivity contribution in [3.8, 4) is 5.13 Å². The number of hydrogen-bond acceptors (Lipinski definition) is 5. The molecule has 0 atom stereocenters. The number of fused-ring (bicyclic) bond motifs is 2. The minimum absolute atomic E-state index is 0.203. The minimum atomic E-state index is -0.218. The van der Waals surface area contributed by atoms with Crippen molar-refractivity contribution in [2.45, 2.75) is 46.1 Å². The van der Waals surface area contributed by atoms with Crippen LogP contribution in [0.25, 0.3) is 15.3 Å². The van der Waals surface area contributed by atoms with E-state index in [0.717, 1.165) is 57.4 Å². The Morgan fingerprint density at radius 1 is 1.21 bits per heavy atom. The number of benzene rings is 1. The van der Waals surface area contributed by atoms with Gasteiger partial charge in [-0.2, -0.15) is 14.9 Å². The van der Waals surface area contributed by atoms with E-state index in [9.17, 15) is 4.79 Å². The SMILES string of the molecule is Cc1cc(C(=O)Nc2c3c(nn2-c2nc4ccccc4s2)CCC3)nn1C(C)C. The van der Waals surface area contributed by atoms with Gasteiger partial charge in [-0.3, -0.25) is 9.48 Å². The minimum Gasteiger partial charge on any atom is -0.305 e. The van der Waals surface area contributed by atoms with Gasteiger partial charge in [0.1, 0.15) is 5.82 Å². The molecule has 1 aliphatic rings. The fourth-order valence-corrected chi connectivity index (χ4v) is 4.83.